The van der Waals surface area contributed by atoms with E-state index < -0.39 is 27.6 Å². The Bertz CT molecular complexity index is 577. The molecule has 0 saturated heterocycles. The average molecular weight is 285 g/mol. The van der Waals surface area contributed by atoms with Gasteiger partial charge in [0.25, 0.3) is 0 Å². The Morgan fingerprint density at radius 2 is 1.79 bits per heavy atom. The van der Waals surface area contributed by atoms with Gasteiger partial charge in [0, 0.05) is 5.69 Å². The van der Waals surface area contributed by atoms with E-state index in [1.54, 1.807) is 6.92 Å². The number of hydrogen-bond donors (Lipinski definition) is 2. The fourth-order valence-electron chi connectivity index (χ4n) is 1.27. The standard InChI is InChI=1S/C12H15NO5S/c1-3-19(17,18)10-6-4-9(5-7-10)13-11(14)8(2)12(15)16/h4-8H,3H2,1-2H3,(H,13,14)(H,15,16). The summed E-state index contributed by atoms with van der Waals surface area (Å²) in [7, 11) is -3.28. The summed E-state index contributed by atoms with van der Waals surface area (Å²) < 4.78 is 23.1. The molecule has 6 nitrogen and oxygen atoms in total. The lowest BCUT2D eigenvalue weighted by atomic mass is 10.1. The van der Waals surface area contributed by atoms with Crippen LogP contribution in [0.15, 0.2) is 29.2 Å². The van der Waals surface area contributed by atoms with E-state index in [9.17, 15) is 18.0 Å². The van der Waals surface area contributed by atoms with Crippen LogP contribution in [-0.4, -0.2) is 31.2 Å². The molecule has 0 saturated carbocycles. The van der Waals surface area contributed by atoms with E-state index in [4.69, 9.17) is 5.11 Å². The van der Waals surface area contributed by atoms with E-state index in [0.29, 0.717) is 5.69 Å². The summed E-state index contributed by atoms with van der Waals surface area (Å²) in [5.74, 6) is -3.05. The first-order chi connectivity index (χ1) is 8.77. The highest BCUT2D eigenvalue weighted by Crippen LogP contribution is 2.16. The van der Waals surface area contributed by atoms with Crippen molar-refractivity contribution >= 4 is 27.4 Å². The summed E-state index contributed by atoms with van der Waals surface area (Å²) in [5, 5.41) is 11.1. The molecule has 1 atom stereocenters. The zero-order chi connectivity index (χ0) is 14.6. The number of carboxylic acid groups (broad SMARTS) is 1. The Morgan fingerprint density at radius 1 is 1.26 bits per heavy atom. The van der Waals surface area contributed by atoms with Gasteiger partial charge in [0.05, 0.1) is 10.6 Å². The van der Waals surface area contributed by atoms with E-state index in [0.717, 1.165) is 0 Å². The lowest BCUT2D eigenvalue weighted by Gasteiger charge is -2.09. The summed E-state index contributed by atoms with van der Waals surface area (Å²) in [6, 6.07) is 5.60. The smallest absolute Gasteiger partial charge is 0.315 e. The number of aliphatic carboxylic acids is 1. The van der Waals surface area contributed by atoms with Crippen LogP contribution >= 0.6 is 0 Å². The maximum Gasteiger partial charge on any atom is 0.315 e. The lowest BCUT2D eigenvalue weighted by Crippen LogP contribution is -2.26. The van der Waals surface area contributed by atoms with Gasteiger partial charge in [0.1, 0.15) is 5.92 Å². The van der Waals surface area contributed by atoms with Crippen LogP contribution in [-0.2, 0) is 19.4 Å². The Balaban J connectivity index is 2.84. The number of sulfone groups is 1. The van der Waals surface area contributed by atoms with Crippen LogP contribution in [0.4, 0.5) is 5.69 Å². The molecule has 1 aromatic carbocycles. The molecule has 1 unspecified atom stereocenters. The number of nitrogens with one attached hydrogen (secondary N) is 1. The zero-order valence-corrected chi connectivity index (χ0v) is 11.4. The summed E-state index contributed by atoms with van der Waals surface area (Å²) in [5.41, 5.74) is 0.355. The number of anilines is 1. The molecule has 0 aliphatic heterocycles. The van der Waals surface area contributed by atoms with Crippen molar-refractivity contribution in [3.63, 3.8) is 0 Å². The first-order valence-corrected chi connectivity index (χ1v) is 7.29. The summed E-state index contributed by atoms with van der Waals surface area (Å²) >= 11 is 0. The van der Waals surface area contributed by atoms with Crippen molar-refractivity contribution in [1.29, 1.82) is 0 Å². The number of hydrogen-bond acceptors (Lipinski definition) is 4. The molecule has 0 radical (unpaired) electrons. The normalized spacial score (nSPS) is 12.7. The average Bonchev–Trinajstić information content (AvgIpc) is 2.38. The second-order valence-corrected chi connectivity index (χ2v) is 6.26. The minimum absolute atomic E-state index is 0.00520. The number of carboxylic acids is 1. The lowest BCUT2D eigenvalue weighted by molar-refractivity contribution is -0.144. The van der Waals surface area contributed by atoms with E-state index in [2.05, 4.69) is 5.32 Å². The molecule has 19 heavy (non-hydrogen) atoms. The van der Waals surface area contributed by atoms with Gasteiger partial charge in [-0.25, -0.2) is 8.42 Å². The van der Waals surface area contributed by atoms with Gasteiger partial charge in [-0.2, -0.15) is 0 Å². The van der Waals surface area contributed by atoms with Crippen LogP contribution in [0.2, 0.25) is 0 Å². The third kappa shape index (κ3) is 3.78. The van der Waals surface area contributed by atoms with Gasteiger partial charge in [-0.05, 0) is 31.2 Å². The number of carbonyl (C=O) groups is 2. The van der Waals surface area contributed by atoms with Crippen molar-refractivity contribution in [2.45, 2.75) is 18.7 Å². The Labute approximate surface area is 111 Å². The quantitative estimate of drug-likeness (QED) is 0.790. The van der Waals surface area contributed by atoms with Crippen LogP contribution in [0.3, 0.4) is 0 Å². The molecule has 0 aliphatic carbocycles. The molecule has 0 fully saturated rings. The third-order valence-corrected chi connectivity index (χ3v) is 4.38. The second kappa shape index (κ2) is 5.83. The first kappa shape index (κ1) is 15.2. The predicted molar refractivity (Wildman–Crippen MR) is 69.6 cm³/mol. The van der Waals surface area contributed by atoms with Crippen molar-refractivity contribution in [3.8, 4) is 0 Å². The SMILES string of the molecule is CCS(=O)(=O)c1ccc(NC(=O)C(C)C(=O)O)cc1. The van der Waals surface area contributed by atoms with Gasteiger partial charge >= 0.3 is 5.97 Å². The van der Waals surface area contributed by atoms with Crippen LogP contribution < -0.4 is 5.32 Å². The first-order valence-electron chi connectivity index (χ1n) is 5.64. The maximum absolute atomic E-state index is 11.6. The molecule has 0 spiro atoms. The molecule has 104 valence electrons. The molecular weight excluding hydrogens is 270 g/mol. The zero-order valence-electron chi connectivity index (χ0n) is 10.6. The topological polar surface area (TPSA) is 101 Å². The Kier molecular flexibility index (Phi) is 4.66. The molecule has 2 N–H and O–H groups in total. The van der Waals surface area contributed by atoms with Gasteiger partial charge in [0.15, 0.2) is 9.84 Å². The molecular formula is C12H15NO5S. The van der Waals surface area contributed by atoms with Crippen molar-refractivity contribution in [1.82, 2.24) is 0 Å². The highest BCUT2D eigenvalue weighted by atomic mass is 32.2. The predicted octanol–water partition coefficient (Wildman–Crippen LogP) is 1.14. The minimum Gasteiger partial charge on any atom is -0.481 e. The molecule has 1 rings (SSSR count). The van der Waals surface area contributed by atoms with Crippen molar-refractivity contribution in [3.05, 3.63) is 24.3 Å². The van der Waals surface area contributed by atoms with Crippen molar-refractivity contribution < 1.29 is 23.1 Å². The van der Waals surface area contributed by atoms with Crippen LogP contribution in [0, 0.1) is 5.92 Å². The number of amides is 1. The van der Waals surface area contributed by atoms with Gasteiger partial charge < -0.3 is 10.4 Å². The van der Waals surface area contributed by atoms with E-state index in [1.807, 2.05) is 0 Å². The number of rotatable bonds is 5. The third-order valence-electron chi connectivity index (χ3n) is 2.62. The Morgan fingerprint density at radius 3 is 2.21 bits per heavy atom. The highest BCUT2D eigenvalue weighted by molar-refractivity contribution is 7.91. The largest absolute Gasteiger partial charge is 0.481 e. The fourth-order valence-corrected chi connectivity index (χ4v) is 2.16. The maximum atomic E-state index is 11.6. The molecule has 0 bridgehead atoms. The van der Waals surface area contributed by atoms with Crippen molar-refractivity contribution in [2.24, 2.45) is 5.92 Å². The van der Waals surface area contributed by atoms with E-state index >= 15 is 0 Å². The molecule has 1 amide bonds. The number of benzene rings is 1. The fraction of sp³-hybridized carbons (Fsp3) is 0.333. The Hall–Kier alpha value is -1.89. The monoisotopic (exact) mass is 285 g/mol. The molecule has 1 aromatic rings. The van der Waals surface area contributed by atoms with Crippen LogP contribution in [0.1, 0.15) is 13.8 Å². The molecule has 0 aromatic heterocycles. The van der Waals surface area contributed by atoms with E-state index in [1.165, 1.54) is 31.2 Å². The second-order valence-electron chi connectivity index (χ2n) is 3.98. The van der Waals surface area contributed by atoms with Crippen LogP contribution in [0.5, 0.6) is 0 Å². The molecule has 7 heteroatoms. The summed E-state index contributed by atoms with van der Waals surface area (Å²) in [6.07, 6.45) is 0. The van der Waals surface area contributed by atoms with Crippen molar-refractivity contribution in [2.75, 3.05) is 11.1 Å². The number of carbonyl (C=O) groups excluding carboxylic acids is 1. The van der Waals surface area contributed by atoms with Gasteiger partial charge in [-0.1, -0.05) is 6.92 Å². The van der Waals surface area contributed by atoms with Gasteiger partial charge in [-0.15, -0.1) is 0 Å². The highest BCUT2D eigenvalue weighted by Gasteiger charge is 2.20. The van der Waals surface area contributed by atoms with Gasteiger partial charge in [-0.3, -0.25) is 9.59 Å². The molecule has 0 heterocycles. The summed E-state index contributed by atoms with van der Waals surface area (Å²) in [4.78, 5) is 22.3. The van der Waals surface area contributed by atoms with Crippen LogP contribution in [0.25, 0.3) is 0 Å². The molecule has 0 aliphatic rings. The van der Waals surface area contributed by atoms with Gasteiger partial charge in [0.2, 0.25) is 5.91 Å². The summed E-state index contributed by atoms with van der Waals surface area (Å²) in [6.45, 7) is 2.81. The van der Waals surface area contributed by atoms with E-state index in [-0.39, 0.29) is 10.6 Å². The minimum atomic E-state index is -3.28.